The van der Waals surface area contributed by atoms with Gasteiger partial charge in [0.05, 0.1) is 53.5 Å². The van der Waals surface area contributed by atoms with Gasteiger partial charge in [0.15, 0.2) is 5.65 Å². The van der Waals surface area contributed by atoms with Gasteiger partial charge in [-0.3, -0.25) is 10.00 Å². The number of halogens is 6. The van der Waals surface area contributed by atoms with Gasteiger partial charge in [0, 0.05) is 37.5 Å². The summed E-state index contributed by atoms with van der Waals surface area (Å²) in [6, 6.07) is 1.18. The average Bonchev–Trinajstić information content (AvgIpc) is 3.82. The number of aryl methyl sites for hydroxylation is 2. The lowest BCUT2D eigenvalue weighted by Crippen LogP contribution is -2.44. The second-order valence-electron chi connectivity index (χ2n) is 14.0. The van der Waals surface area contributed by atoms with Gasteiger partial charge < -0.3 is 24.0 Å². The van der Waals surface area contributed by atoms with Gasteiger partial charge in [0.25, 0.3) is 0 Å². The molecule has 0 aliphatic carbocycles. The van der Waals surface area contributed by atoms with Gasteiger partial charge in [-0.2, -0.15) is 42.1 Å². The molecule has 0 unspecified atom stereocenters. The second kappa shape index (κ2) is 11.4. The number of rotatable bonds is 6. The fourth-order valence-corrected chi connectivity index (χ4v) is 8.23. The number of hydrogen-bond acceptors (Lipinski definition) is 9. The summed E-state index contributed by atoms with van der Waals surface area (Å²) in [5.41, 5.74) is -3.70. The molecule has 5 aromatic rings. The highest BCUT2D eigenvalue weighted by atomic mass is 19.4. The van der Waals surface area contributed by atoms with E-state index in [0.29, 0.717) is 11.2 Å². The van der Waals surface area contributed by atoms with E-state index in [4.69, 9.17) is 14.5 Å². The highest BCUT2D eigenvalue weighted by Crippen LogP contribution is 2.48. The molecule has 0 saturated carbocycles. The Kier molecular flexibility index (Phi) is 7.54. The predicted molar refractivity (Wildman–Crippen MR) is 170 cm³/mol. The van der Waals surface area contributed by atoms with Crippen LogP contribution < -0.4 is 9.64 Å². The summed E-state index contributed by atoms with van der Waals surface area (Å²) in [6.07, 6.45) is -2.78. The lowest BCUT2D eigenvalue weighted by Gasteiger charge is -2.31. The Bertz CT molecular complexity index is 2130. The number of aliphatic hydroxyl groups is 1. The molecule has 7 heterocycles. The van der Waals surface area contributed by atoms with Crippen molar-refractivity contribution in [3.05, 3.63) is 23.4 Å². The lowest BCUT2D eigenvalue weighted by molar-refractivity contribution is -0.137. The van der Waals surface area contributed by atoms with Crippen LogP contribution >= 0.6 is 0 Å². The fourth-order valence-electron chi connectivity index (χ4n) is 8.23. The van der Waals surface area contributed by atoms with Crippen LogP contribution in [0.25, 0.3) is 44.2 Å². The molecule has 0 radical (unpaired) electrons. The maximum atomic E-state index is 15.0. The summed E-state index contributed by atoms with van der Waals surface area (Å²) < 4.78 is 102. The Balaban J connectivity index is 1.39. The number of anilines is 1. The highest BCUT2D eigenvalue weighted by molar-refractivity contribution is 6.16. The standard InChI is InChI=1S/C32H35F6N9O3/c1-16-9-19-18(11-39-42-19)20(22(16)32(36,37)38)23-25-24(47(43-23)28(34)35)21-26(44(25)3)40-29(41-27(21)45-7-8-49-14-30(2,48)13-45)50-15-31-5-4-6-46(31)12-17(33)10-31/h9,11,17,28,48H,4-8,10,12-15H2,1-3H3,(H,39,42)/t17-,30+,31+/m1/s1. The number of ether oxygens (including phenoxy) is 2. The molecule has 12 nitrogen and oxygen atoms in total. The van der Waals surface area contributed by atoms with Crippen molar-refractivity contribution in [1.29, 1.82) is 0 Å². The molecule has 3 aliphatic heterocycles. The number of nitrogens with one attached hydrogen (secondary N) is 1. The minimum Gasteiger partial charge on any atom is -0.461 e. The van der Waals surface area contributed by atoms with Crippen molar-refractivity contribution in [2.75, 3.05) is 50.9 Å². The maximum Gasteiger partial charge on any atom is 0.417 e. The van der Waals surface area contributed by atoms with E-state index in [1.54, 1.807) is 11.8 Å². The first kappa shape index (κ1) is 33.0. The van der Waals surface area contributed by atoms with Crippen LogP contribution in [0.15, 0.2) is 12.3 Å². The van der Waals surface area contributed by atoms with E-state index < -0.39 is 41.2 Å². The zero-order valence-corrected chi connectivity index (χ0v) is 27.5. The molecule has 2 N–H and O–H groups in total. The smallest absolute Gasteiger partial charge is 0.417 e. The minimum atomic E-state index is -4.87. The van der Waals surface area contributed by atoms with Gasteiger partial charge in [0.2, 0.25) is 0 Å². The van der Waals surface area contributed by atoms with Crippen molar-refractivity contribution in [3.63, 3.8) is 0 Å². The predicted octanol–water partition coefficient (Wildman–Crippen LogP) is 5.13. The van der Waals surface area contributed by atoms with Crippen molar-refractivity contribution in [2.24, 2.45) is 7.05 Å². The third-order valence-corrected chi connectivity index (χ3v) is 10.3. The highest BCUT2D eigenvalue weighted by Gasteiger charge is 2.49. The van der Waals surface area contributed by atoms with Crippen LogP contribution in [0.3, 0.4) is 0 Å². The van der Waals surface area contributed by atoms with Crippen LogP contribution in [0.4, 0.5) is 32.2 Å². The van der Waals surface area contributed by atoms with Gasteiger partial charge in [-0.25, -0.2) is 9.07 Å². The van der Waals surface area contributed by atoms with E-state index in [-0.39, 0.29) is 95.4 Å². The Labute approximate surface area is 280 Å². The van der Waals surface area contributed by atoms with Crippen LogP contribution in [0.1, 0.15) is 43.9 Å². The Morgan fingerprint density at radius 3 is 2.76 bits per heavy atom. The molecular weight excluding hydrogens is 672 g/mol. The maximum absolute atomic E-state index is 15.0. The Hall–Kier alpha value is -4.16. The van der Waals surface area contributed by atoms with Crippen molar-refractivity contribution in [3.8, 4) is 17.3 Å². The number of aromatic amines is 1. The van der Waals surface area contributed by atoms with Crippen LogP contribution in [-0.2, 0) is 18.0 Å². The first-order valence-electron chi connectivity index (χ1n) is 16.4. The van der Waals surface area contributed by atoms with Crippen molar-refractivity contribution >= 4 is 38.8 Å². The molecule has 268 valence electrons. The number of alkyl halides is 6. The Morgan fingerprint density at radius 2 is 2.00 bits per heavy atom. The third kappa shape index (κ3) is 5.16. The first-order valence-corrected chi connectivity index (χ1v) is 16.4. The van der Waals surface area contributed by atoms with Crippen molar-refractivity contribution in [1.82, 2.24) is 39.4 Å². The number of aromatic nitrogens is 7. The zero-order chi connectivity index (χ0) is 35.3. The second-order valence-corrected chi connectivity index (χ2v) is 14.0. The van der Waals surface area contributed by atoms with Crippen LogP contribution in [0, 0.1) is 6.92 Å². The molecule has 0 spiro atoms. The zero-order valence-electron chi connectivity index (χ0n) is 27.5. The molecule has 50 heavy (non-hydrogen) atoms. The molecule has 18 heteroatoms. The van der Waals surface area contributed by atoms with Gasteiger partial charge >= 0.3 is 18.7 Å². The van der Waals surface area contributed by atoms with E-state index in [1.807, 2.05) is 0 Å². The summed E-state index contributed by atoms with van der Waals surface area (Å²) in [5, 5.41) is 22.0. The summed E-state index contributed by atoms with van der Waals surface area (Å²) >= 11 is 0. The van der Waals surface area contributed by atoms with Crippen molar-refractivity contribution in [2.45, 2.75) is 63.1 Å². The number of fused-ring (bicyclic) bond motifs is 5. The molecule has 1 aromatic carbocycles. The van der Waals surface area contributed by atoms with E-state index in [1.165, 1.54) is 30.8 Å². The molecular formula is C32H35F6N9O3. The molecule has 8 rings (SSSR count). The quantitative estimate of drug-likeness (QED) is 0.232. The van der Waals surface area contributed by atoms with Crippen LogP contribution in [0.2, 0.25) is 0 Å². The largest absolute Gasteiger partial charge is 0.461 e. The van der Waals surface area contributed by atoms with Gasteiger partial charge in [-0.05, 0) is 44.9 Å². The fraction of sp³-hybridized carbons (Fsp3) is 0.562. The first-order chi connectivity index (χ1) is 23.7. The van der Waals surface area contributed by atoms with Crippen LogP contribution in [-0.4, -0.2) is 108 Å². The topological polar surface area (TPSA) is 122 Å². The monoisotopic (exact) mass is 707 g/mol. The lowest BCUT2D eigenvalue weighted by atomic mass is 9.95. The molecule has 3 saturated heterocycles. The van der Waals surface area contributed by atoms with Gasteiger partial charge in [-0.1, -0.05) is 0 Å². The van der Waals surface area contributed by atoms with E-state index in [2.05, 4.69) is 25.2 Å². The van der Waals surface area contributed by atoms with E-state index >= 15 is 0 Å². The number of benzene rings is 1. The molecule has 4 aromatic heterocycles. The van der Waals surface area contributed by atoms with Crippen molar-refractivity contribution < 1.29 is 40.9 Å². The molecule has 3 aliphatic rings. The number of hydrogen-bond donors (Lipinski definition) is 2. The normalized spacial score (nSPS) is 25.1. The molecule has 3 fully saturated rings. The van der Waals surface area contributed by atoms with E-state index in [9.17, 15) is 31.4 Å². The molecule has 3 atom stereocenters. The summed E-state index contributed by atoms with van der Waals surface area (Å²) in [5.74, 6) is 0.110. The Morgan fingerprint density at radius 1 is 1.20 bits per heavy atom. The minimum absolute atomic E-state index is 0.00142. The SMILES string of the molecule is Cc1cc2[nH]ncc2c(-c2nn(C(F)F)c3c4c(N5CCOC[C@@](C)(O)C5)nc(OC[C@@]56CCCN5C[C@H](F)C6)nc4n(C)c23)c1C(F)(F)F. The van der Waals surface area contributed by atoms with Gasteiger partial charge in [-0.15, -0.1) is 0 Å². The number of nitrogens with zero attached hydrogens (tertiary/aromatic N) is 8. The van der Waals surface area contributed by atoms with Crippen LogP contribution in [0.5, 0.6) is 6.01 Å². The van der Waals surface area contributed by atoms with E-state index in [0.717, 1.165) is 19.4 Å². The third-order valence-electron chi connectivity index (χ3n) is 10.3. The number of H-pyrrole nitrogens is 1. The molecule has 0 amide bonds. The summed E-state index contributed by atoms with van der Waals surface area (Å²) in [7, 11) is 1.51. The summed E-state index contributed by atoms with van der Waals surface area (Å²) in [4.78, 5) is 13.1. The van der Waals surface area contributed by atoms with Gasteiger partial charge in [0.1, 0.15) is 35.4 Å². The number of β-amino-alcohol motifs (C(OH)–C–C–N with tert-alkyl or cyclic N) is 1. The average molecular weight is 708 g/mol. The molecule has 0 bridgehead atoms. The summed E-state index contributed by atoms with van der Waals surface area (Å²) in [6.45, 7) is 1.05.